The second-order valence-electron chi connectivity index (χ2n) is 10.7. The molecule has 2 fully saturated rings. The molecule has 204 valence electrons. The second kappa shape index (κ2) is 12.1. The van der Waals surface area contributed by atoms with Crippen LogP contribution in [0.15, 0.2) is 42.0 Å². The van der Waals surface area contributed by atoms with Gasteiger partial charge in [-0.1, -0.05) is 55.8 Å². The Morgan fingerprint density at radius 1 is 1.30 bits per heavy atom. The van der Waals surface area contributed by atoms with E-state index in [1.54, 1.807) is 0 Å². The largest absolute Gasteiger partial charge is 0.480 e. The summed E-state index contributed by atoms with van der Waals surface area (Å²) in [6, 6.07) is 8.54. The molecule has 0 saturated carbocycles. The summed E-state index contributed by atoms with van der Waals surface area (Å²) in [7, 11) is 1.45. The van der Waals surface area contributed by atoms with Crippen LogP contribution in [0.4, 0.5) is 4.79 Å². The van der Waals surface area contributed by atoms with E-state index in [2.05, 4.69) is 25.2 Å². The number of hydrogen-bond donors (Lipinski definition) is 2. The van der Waals surface area contributed by atoms with Gasteiger partial charge in [0.1, 0.15) is 18.2 Å². The maximum Gasteiger partial charge on any atom is 0.410 e. The van der Waals surface area contributed by atoms with Gasteiger partial charge in [-0.25, -0.2) is 9.59 Å². The number of ether oxygens (including phenoxy) is 2. The Balaban J connectivity index is 0.000000207. The molecule has 1 aromatic carbocycles. The van der Waals surface area contributed by atoms with Crippen molar-refractivity contribution in [3.05, 3.63) is 47.5 Å². The van der Waals surface area contributed by atoms with Crippen molar-refractivity contribution in [1.29, 1.82) is 0 Å². The molecule has 3 heterocycles. The first kappa shape index (κ1) is 28.7. The van der Waals surface area contributed by atoms with Crippen LogP contribution >= 0.6 is 0 Å². The van der Waals surface area contributed by atoms with Crippen LogP contribution in [0.25, 0.3) is 0 Å². The van der Waals surface area contributed by atoms with Gasteiger partial charge >= 0.3 is 12.1 Å². The number of hydrogen-bond acceptors (Lipinski definition) is 6. The molecular weight excluding hydrogens is 474 g/mol. The van der Waals surface area contributed by atoms with Crippen molar-refractivity contribution in [2.45, 2.75) is 71.4 Å². The van der Waals surface area contributed by atoms with E-state index in [0.717, 1.165) is 30.1 Å². The van der Waals surface area contributed by atoms with Gasteiger partial charge in [0, 0.05) is 26.7 Å². The van der Waals surface area contributed by atoms with Crippen LogP contribution in [0.2, 0.25) is 0 Å². The Morgan fingerprint density at radius 2 is 1.97 bits per heavy atom. The lowest BCUT2D eigenvalue weighted by atomic mass is 9.84. The fourth-order valence-corrected chi connectivity index (χ4v) is 5.38. The fraction of sp³-hybridized carbons (Fsp3) is 0.607. The van der Waals surface area contributed by atoms with E-state index in [0.29, 0.717) is 6.42 Å². The van der Waals surface area contributed by atoms with Gasteiger partial charge < -0.3 is 24.8 Å². The summed E-state index contributed by atoms with van der Waals surface area (Å²) in [6.07, 6.45) is 2.02. The Labute approximate surface area is 219 Å². The summed E-state index contributed by atoms with van der Waals surface area (Å²) in [5.74, 6) is -0.575. The predicted molar refractivity (Wildman–Crippen MR) is 140 cm³/mol. The molecule has 9 heteroatoms. The number of carbonyl (C=O) groups is 3. The average molecular weight is 516 g/mol. The molecule has 37 heavy (non-hydrogen) atoms. The van der Waals surface area contributed by atoms with E-state index in [9.17, 15) is 19.5 Å². The number of benzene rings is 1. The normalized spacial score (nSPS) is 27.0. The lowest BCUT2D eigenvalue weighted by Crippen LogP contribution is -2.53. The summed E-state index contributed by atoms with van der Waals surface area (Å²) >= 11 is 0. The van der Waals surface area contributed by atoms with Crippen molar-refractivity contribution >= 4 is 18.0 Å². The highest BCUT2D eigenvalue weighted by molar-refractivity contribution is 5.83. The number of aliphatic carboxylic acids is 1. The summed E-state index contributed by atoms with van der Waals surface area (Å²) in [5.41, 5.74) is 1.86. The third-order valence-electron chi connectivity index (χ3n) is 7.24. The number of amides is 2. The number of rotatable bonds is 7. The van der Waals surface area contributed by atoms with E-state index in [-0.39, 0.29) is 42.1 Å². The van der Waals surface area contributed by atoms with Crippen LogP contribution in [-0.2, 0) is 25.7 Å². The second-order valence-corrected chi connectivity index (χ2v) is 10.7. The number of likely N-dealkylation sites (N-methyl/N-ethyl adjacent to an activating group) is 2. The molecule has 0 bridgehead atoms. The number of carboxylic acids is 1. The summed E-state index contributed by atoms with van der Waals surface area (Å²) in [4.78, 5) is 38.4. The molecule has 2 saturated heterocycles. The van der Waals surface area contributed by atoms with Crippen LogP contribution in [0.1, 0.15) is 46.6 Å². The zero-order valence-corrected chi connectivity index (χ0v) is 22.8. The zero-order chi connectivity index (χ0) is 27.3. The smallest absolute Gasteiger partial charge is 0.410 e. The van der Waals surface area contributed by atoms with Crippen molar-refractivity contribution in [2.24, 2.45) is 11.8 Å². The van der Waals surface area contributed by atoms with Gasteiger partial charge in [-0.15, -0.1) is 0 Å². The Bertz CT molecular complexity index is 997. The number of nitrogens with zero attached hydrogens (tertiary/aromatic N) is 2. The molecule has 5 atom stereocenters. The molecule has 0 aromatic heterocycles. The Kier molecular flexibility index (Phi) is 9.36. The van der Waals surface area contributed by atoms with Crippen molar-refractivity contribution in [3.8, 4) is 0 Å². The maximum atomic E-state index is 12.3. The first-order valence-electron chi connectivity index (χ1n) is 13.0. The molecule has 9 nitrogen and oxygen atoms in total. The van der Waals surface area contributed by atoms with Crippen LogP contribution in [0.3, 0.4) is 0 Å². The quantitative estimate of drug-likeness (QED) is 0.537. The zero-order valence-electron chi connectivity index (χ0n) is 22.8. The van der Waals surface area contributed by atoms with Crippen molar-refractivity contribution in [3.63, 3.8) is 0 Å². The minimum absolute atomic E-state index is 0.00398. The fourth-order valence-electron chi connectivity index (χ4n) is 5.38. The molecule has 0 spiro atoms. The topological polar surface area (TPSA) is 108 Å². The van der Waals surface area contributed by atoms with Crippen molar-refractivity contribution in [1.82, 2.24) is 15.1 Å². The molecular formula is C28H41N3O6. The summed E-state index contributed by atoms with van der Waals surface area (Å²) in [6.45, 7) is 12.6. The number of carbonyl (C=O) groups excluding carboxylic acids is 2. The lowest BCUT2D eigenvalue weighted by Gasteiger charge is -2.35. The highest BCUT2D eigenvalue weighted by atomic mass is 16.6. The van der Waals surface area contributed by atoms with Crippen LogP contribution in [-0.4, -0.2) is 83.3 Å². The van der Waals surface area contributed by atoms with Crippen molar-refractivity contribution < 1.29 is 29.0 Å². The summed E-state index contributed by atoms with van der Waals surface area (Å²) in [5, 5.41) is 12.7. The van der Waals surface area contributed by atoms with E-state index in [1.165, 1.54) is 12.6 Å². The lowest BCUT2D eigenvalue weighted by molar-refractivity contribution is -0.143. The molecule has 0 aliphatic carbocycles. The van der Waals surface area contributed by atoms with Gasteiger partial charge in [-0.05, 0) is 38.7 Å². The van der Waals surface area contributed by atoms with Gasteiger partial charge in [0.2, 0.25) is 5.91 Å². The third kappa shape index (κ3) is 6.70. The monoisotopic (exact) mass is 515 g/mol. The van der Waals surface area contributed by atoms with Gasteiger partial charge in [-0.2, -0.15) is 0 Å². The summed E-state index contributed by atoms with van der Waals surface area (Å²) < 4.78 is 11.3. The molecule has 2 N–H and O–H groups in total. The van der Waals surface area contributed by atoms with Crippen LogP contribution in [0, 0.1) is 11.8 Å². The highest BCUT2D eigenvalue weighted by Gasteiger charge is 2.59. The van der Waals surface area contributed by atoms with E-state index < -0.39 is 18.1 Å². The number of nitrogens with one attached hydrogen (secondary N) is 1. The SMILES string of the molecule is CC(C)C[C@@H](C(=O)O)N(C)C(=O)OCc1ccccc1.CCN1CC2OC3(C)C=C(C)CNC3C2C1=O. The maximum absolute atomic E-state index is 12.3. The first-order valence-corrected chi connectivity index (χ1v) is 13.0. The van der Waals surface area contributed by atoms with Gasteiger partial charge in [0.25, 0.3) is 0 Å². The predicted octanol–water partition coefficient (Wildman–Crippen LogP) is 3.29. The number of fused-ring (bicyclic) bond motifs is 3. The minimum Gasteiger partial charge on any atom is -0.480 e. The van der Waals surface area contributed by atoms with E-state index >= 15 is 0 Å². The van der Waals surface area contributed by atoms with Crippen LogP contribution < -0.4 is 5.32 Å². The minimum atomic E-state index is -1.02. The average Bonchev–Trinajstić information content (AvgIpc) is 3.31. The third-order valence-corrected chi connectivity index (χ3v) is 7.24. The van der Waals surface area contributed by atoms with E-state index in [1.807, 2.05) is 56.0 Å². The van der Waals surface area contributed by atoms with Gasteiger partial charge in [0.05, 0.1) is 18.1 Å². The molecule has 1 aromatic rings. The molecule has 3 aliphatic heterocycles. The Morgan fingerprint density at radius 3 is 2.57 bits per heavy atom. The molecule has 4 unspecified atom stereocenters. The van der Waals surface area contributed by atoms with Crippen molar-refractivity contribution in [2.75, 3.05) is 26.7 Å². The van der Waals surface area contributed by atoms with E-state index in [4.69, 9.17) is 9.47 Å². The molecule has 4 rings (SSSR count). The number of carboxylic acid groups (broad SMARTS) is 1. The number of likely N-dealkylation sites (tertiary alicyclic amines) is 1. The van der Waals surface area contributed by atoms with Crippen LogP contribution in [0.5, 0.6) is 0 Å². The highest BCUT2D eigenvalue weighted by Crippen LogP contribution is 2.43. The Hall–Kier alpha value is -2.91. The standard InChI is InChI=1S/C15H21NO4.C13H20N2O2/c1-11(2)9-13(14(17)18)16(3)15(19)20-10-12-7-5-4-6-8-12;1-4-15-7-9-10(12(15)16)11-13(3,17-9)5-8(2)6-14-11/h4-8,11,13H,9-10H2,1-3H3,(H,17,18);5,9-11,14H,4,6-7H2,1-3H3/t13-;/m0./s1. The van der Waals surface area contributed by atoms with Gasteiger partial charge in [0.15, 0.2) is 0 Å². The molecule has 0 radical (unpaired) electrons. The molecule has 2 amide bonds. The first-order chi connectivity index (χ1) is 17.5. The molecule has 3 aliphatic rings. The van der Waals surface area contributed by atoms with Gasteiger partial charge in [-0.3, -0.25) is 9.69 Å².